The van der Waals surface area contributed by atoms with Gasteiger partial charge in [-0.25, -0.2) is 0 Å². The maximum Gasteiger partial charge on any atom is 0.310 e. The van der Waals surface area contributed by atoms with Crippen LogP contribution in [-0.2, 0) is 9.59 Å². The van der Waals surface area contributed by atoms with Gasteiger partial charge < -0.3 is 5.11 Å². The molecule has 3 nitrogen and oxygen atoms in total. The first kappa shape index (κ1) is 41.6. The van der Waals surface area contributed by atoms with Crippen LogP contribution < -0.4 is 0 Å². The second-order valence-corrected chi connectivity index (χ2v) is 13.2. The predicted molar refractivity (Wildman–Crippen MR) is 189 cm³/mol. The van der Waals surface area contributed by atoms with Crippen LogP contribution in [-0.4, -0.2) is 16.9 Å². The number of rotatable bonds is 35. The van der Waals surface area contributed by atoms with Gasteiger partial charge in [0.2, 0.25) is 0 Å². The number of unbranched alkanes of at least 4 members (excludes halogenated alkanes) is 24. The quantitative estimate of drug-likeness (QED) is 0.0446. The van der Waals surface area contributed by atoms with Gasteiger partial charge in [0.15, 0.2) is 0 Å². The first-order valence-electron chi connectivity index (χ1n) is 19.2. The lowest BCUT2D eigenvalue weighted by Crippen LogP contribution is -2.18. The van der Waals surface area contributed by atoms with Crippen LogP contribution in [0.5, 0.6) is 0 Å². The molecule has 252 valence electrons. The van der Waals surface area contributed by atoms with Crippen LogP contribution in [0.25, 0.3) is 0 Å². The maximum absolute atomic E-state index is 12.5. The third-order valence-electron chi connectivity index (χ3n) is 8.91. The fraction of sp³-hybridized carbons (Fsp3) is 0.850. The van der Waals surface area contributed by atoms with Gasteiger partial charge in [0.05, 0.1) is 0 Å². The lowest BCUT2D eigenvalue weighted by molar-refractivity contribution is -0.141. The van der Waals surface area contributed by atoms with Gasteiger partial charge in [-0.3, -0.25) is 9.59 Å². The van der Waals surface area contributed by atoms with Crippen molar-refractivity contribution in [3.8, 4) is 0 Å². The molecule has 0 aliphatic heterocycles. The van der Waals surface area contributed by atoms with Gasteiger partial charge in [0.1, 0.15) is 12.2 Å². The third-order valence-corrected chi connectivity index (χ3v) is 8.91. The maximum atomic E-state index is 12.5. The van der Waals surface area contributed by atoms with Crippen LogP contribution in [0.2, 0.25) is 0 Å². The molecule has 0 saturated heterocycles. The molecule has 0 heterocycles. The number of aliphatic carboxylic acids is 1. The Bertz CT molecular complexity index is 608. The van der Waals surface area contributed by atoms with Gasteiger partial charge in [0, 0.05) is 5.92 Å². The molecule has 0 aromatic rings. The first-order valence-corrected chi connectivity index (χ1v) is 19.2. The van der Waals surface area contributed by atoms with Crippen LogP contribution in [0.3, 0.4) is 0 Å². The molecule has 0 amide bonds. The van der Waals surface area contributed by atoms with E-state index < -0.39 is 5.97 Å². The SMILES string of the molecule is CCCCCCCC/C=C\CCCCCCCCC(CCCCCCCC/C=C\CCCCCCCC)C(=O)CC(=O)O. The normalized spacial score (nSPS) is 11.9. The highest BCUT2D eigenvalue weighted by Crippen LogP contribution is 2.22. The minimum absolute atomic E-state index is 0.0482. The molecule has 0 unspecified atom stereocenters. The van der Waals surface area contributed by atoms with Crippen molar-refractivity contribution in [2.24, 2.45) is 5.92 Å². The topological polar surface area (TPSA) is 54.4 Å². The molecule has 3 heteroatoms. The summed E-state index contributed by atoms with van der Waals surface area (Å²) in [5.74, 6) is -1.07. The van der Waals surface area contributed by atoms with Gasteiger partial charge in [-0.15, -0.1) is 0 Å². The molecule has 0 spiro atoms. The van der Waals surface area contributed by atoms with Crippen molar-refractivity contribution in [1.29, 1.82) is 0 Å². The summed E-state index contributed by atoms with van der Waals surface area (Å²) in [5, 5.41) is 9.13. The molecule has 0 aliphatic rings. The molecular formula is C40H74O3. The molecule has 0 saturated carbocycles. The summed E-state index contributed by atoms with van der Waals surface area (Å²) >= 11 is 0. The molecule has 1 N–H and O–H groups in total. The zero-order valence-electron chi connectivity index (χ0n) is 29.1. The Kier molecular flexibility index (Phi) is 34.0. The van der Waals surface area contributed by atoms with Gasteiger partial charge in [-0.05, 0) is 64.2 Å². The smallest absolute Gasteiger partial charge is 0.310 e. The van der Waals surface area contributed by atoms with E-state index in [9.17, 15) is 9.59 Å². The standard InChI is InChI=1S/C40H74O3/c1-3-5-7-9-11-13-15-17-19-21-23-25-27-29-31-33-35-38(39(41)37-40(42)43)36-34-32-30-28-26-24-22-20-18-16-14-12-10-8-6-4-2/h17-20,38H,3-16,21-37H2,1-2H3,(H,42,43)/b19-17-,20-18-. The van der Waals surface area contributed by atoms with Crippen molar-refractivity contribution < 1.29 is 14.7 Å². The van der Waals surface area contributed by atoms with Crippen LogP contribution in [0.15, 0.2) is 24.3 Å². The second-order valence-electron chi connectivity index (χ2n) is 13.2. The summed E-state index contributed by atoms with van der Waals surface area (Å²) in [4.78, 5) is 23.7. The zero-order chi connectivity index (χ0) is 31.5. The number of hydrogen-bond acceptors (Lipinski definition) is 2. The highest BCUT2D eigenvalue weighted by Gasteiger charge is 2.20. The molecule has 0 fully saturated rings. The number of carboxylic acids is 1. The van der Waals surface area contributed by atoms with Crippen molar-refractivity contribution in [3.63, 3.8) is 0 Å². The van der Waals surface area contributed by atoms with E-state index in [2.05, 4.69) is 38.2 Å². The van der Waals surface area contributed by atoms with E-state index in [-0.39, 0.29) is 18.1 Å². The van der Waals surface area contributed by atoms with Crippen LogP contribution in [0.1, 0.15) is 213 Å². The van der Waals surface area contributed by atoms with E-state index in [1.807, 2.05) is 0 Å². The Morgan fingerprint density at radius 2 is 0.721 bits per heavy atom. The van der Waals surface area contributed by atoms with E-state index in [0.717, 1.165) is 38.5 Å². The zero-order valence-corrected chi connectivity index (χ0v) is 29.1. The highest BCUT2D eigenvalue weighted by molar-refractivity contribution is 5.95. The van der Waals surface area contributed by atoms with Crippen molar-refractivity contribution in [2.45, 2.75) is 213 Å². The lowest BCUT2D eigenvalue weighted by atomic mass is 9.89. The van der Waals surface area contributed by atoms with E-state index in [1.165, 1.54) is 154 Å². The number of carbonyl (C=O) groups is 2. The Labute approximate surface area is 269 Å². The Balaban J connectivity index is 3.78. The lowest BCUT2D eigenvalue weighted by Gasteiger charge is -2.15. The van der Waals surface area contributed by atoms with Gasteiger partial charge in [-0.1, -0.05) is 167 Å². The molecule has 0 aromatic heterocycles. The van der Waals surface area contributed by atoms with Crippen molar-refractivity contribution >= 4 is 11.8 Å². The Morgan fingerprint density at radius 3 is 1.02 bits per heavy atom. The van der Waals surface area contributed by atoms with Crippen LogP contribution in [0.4, 0.5) is 0 Å². The molecule has 43 heavy (non-hydrogen) atoms. The summed E-state index contributed by atoms with van der Waals surface area (Å²) in [5.41, 5.74) is 0. The average molecular weight is 603 g/mol. The number of ketones is 1. The van der Waals surface area contributed by atoms with Gasteiger partial charge >= 0.3 is 5.97 Å². The van der Waals surface area contributed by atoms with Crippen LogP contribution >= 0.6 is 0 Å². The Morgan fingerprint density at radius 1 is 0.442 bits per heavy atom. The largest absolute Gasteiger partial charge is 0.481 e. The number of carbonyl (C=O) groups excluding carboxylic acids is 1. The average Bonchev–Trinajstić information content (AvgIpc) is 2.99. The molecular weight excluding hydrogens is 528 g/mol. The van der Waals surface area contributed by atoms with E-state index in [1.54, 1.807) is 0 Å². The van der Waals surface area contributed by atoms with Crippen molar-refractivity contribution in [1.82, 2.24) is 0 Å². The number of hydrogen-bond donors (Lipinski definition) is 1. The first-order chi connectivity index (χ1) is 21.1. The van der Waals surface area contributed by atoms with Gasteiger partial charge in [-0.2, -0.15) is 0 Å². The monoisotopic (exact) mass is 603 g/mol. The van der Waals surface area contributed by atoms with Crippen molar-refractivity contribution in [3.05, 3.63) is 24.3 Å². The molecule has 0 radical (unpaired) electrons. The number of allylic oxidation sites excluding steroid dienone is 4. The summed E-state index contributed by atoms with van der Waals surface area (Å²) in [6, 6.07) is 0. The molecule has 0 bridgehead atoms. The molecule has 0 rings (SSSR count). The fourth-order valence-electron chi connectivity index (χ4n) is 6.04. The molecule has 0 atom stereocenters. The van der Waals surface area contributed by atoms with Crippen LogP contribution in [0, 0.1) is 5.92 Å². The second kappa shape index (κ2) is 35.1. The molecule has 0 aliphatic carbocycles. The number of carboxylic acid groups (broad SMARTS) is 1. The summed E-state index contributed by atoms with van der Waals surface area (Å²) < 4.78 is 0. The predicted octanol–water partition coefficient (Wildman–Crippen LogP) is 13.5. The fourth-order valence-corrected chi connectivity index (χ4v) is 6.04. The van der Waals surface area contributed by atoms with Crippen molar-refractivity contribution in [2.75, 3.05) is 0 Å². The highest BCUT2D eigenvalue weighted by atomic mass is 16.4. The van der Waals surface area contributed by atoms with Gasteiger partial charge in [0.25, 0.3) is 0 Å². The molecule has 0 aromatic carbocycles. The summed E-state index contributed by atoms with van der Waals surface area (Å²) in [6.45, 7) is 4.54. The summed E-state index contributed by atoms with van der Waals surface area (Å²) in [7, 11) is 0. The number of Topliss-reactive ketones (excluding diaryl/α,β-unsaturated/α-hetero) is 1. The summed E-state index contributed by atoms with van der Waals surface area (Å²) in [6.07, 6.45) is 46.9. The Hall–Kier alpha value is -1.38. The third kappa shape index (κ3) is 33.4. The van der Waals surface area contributed by atoms with E-state index in [0.29, 0.717) is 0 Å². The minimum Gasteiger partial charge on any atom is -0.481 e. The minimum atomic E-state index is -0.975. The van der Waals surface area contributed by atoms with E-state index in [4.69, 9.17) is 5.11 Å². The van der Waals surface area contributed by atoms with E-state index >= 15 is 0 Å².